The Labute approximate surface area is 178 Å². The number of hydrogen-bond acceptors (Lipinski definition) is 5. The smallest absolute Gasteiger partial charge is 0.257 e. The van der Waals surface area contributed by atoms with Crippen LogP contribution in [0.5, 0.6) is 0 Å². The first kappa shape index (κ1) is 20.3. The lowest BCUT2D eigenvalue weighted by atomic mass is 10.0. The first-order chi connectivity index (χ1) is 14.0. The molecule has 7 nitrogen and oxygen atoms in total. The number of halogens is 1. The Morgan fingerprint density at radius 1 is 1.48 bits per heavy atom. The fraction of sp³-hybridized carbons (Fsp3) is 0.429. The van der Waals surface area contributed by atoms with Crippen LogP contribution < -0.4 is 10.6 Å². The number of nitrogens with zero attached hydrogens (tertiary/aromatic N) is 2. The van der Waals surface area contributed by atoms with Crippen molar-refractivity contribution in [3.05, 3.63) is 44.8 Å². The number of carbonyl (C=O) groups excluding carboxylic acids is 1. The van der Waals surface area contributed by atoms with Gasteiger partial charge in [0, 0.05) is 52.8 Å². The largest absolute Gasteiger partial charge is 0.374 e. The lowest BCUT2D eigenvalue weighted by molar-refractivity contribution is -0.110. The van der Waals surface area contributed by atoms with E-state index in [1.54, 1.807) is 6.20 Å². The fourth-order valence-electron chi connectivity index (χ4n) is 4.11. The number of aryl methyl sites for hydroxylation is 1. The highest BCUT2D eigenvalue weighted by atomic mass is 79.9. The number of aliphatic hydroxyl groups excluding tert-OH is 1. The Morgan fingerprint density at radius 3 is 3.10 bits per heavy atom. The molecule has 0 saturated carbocycles. The Balaban J connectivity index is 1.68. The Kier molecular flexibility index (Phi) is 5.87. The monoisotopic (exact) mass is 459 g/mol. The number of nitrogens with one attached hydrogen (secondary N) is 3. The standard InChI is InChI=1S/C21H26BrN5O2/c1-3-23-6-8-27-7-4-5-16-18(21(27)29)12(2)17(25-16)10-15-14-9-13(22)11-24-19(14)26-20(15)28/h9-11,21,23,25,29H,3-8H2,1-2H3,(H,24,26,28)/b15-10-. The number of aromatic nitrogens is 2. The van der Waals surface area contributed by atoms with Crippen LogP contribution in [0.3, 0.4) is 0 Å². The molecular weight excluding hydrogens is 434 g/mol. The first-order valence-electron chi connectivity index (χ1n) is 10.0. The molecule has 2 aliphatic heterocycles. The Hall–Kier alpha value is -2.00. The van der Waals surface area contributed by atoms with Gasteiger partial charge < -0.3 is 20.7 Å². The molecule has 0 saturated heterocycles. The molecule has 154 valence electrons. The average Bonchev–Trinajstić information content (AvgIpc) is 3.11. The van der Waals surface area contributed by atoms with Crippen LogP contribution in [0.15, 0.2) is 16.7 Å². The molecule has 2 aromatic heterocycles. The number of H-pyrrole nitrogens is 1. The summed E-state index contributed by atoms with van der Waals surface area (Å²) in [6.07, 6.45) is 4.75. The van der Waals surface area contributed by atoms with Crippen LogP contribution in [0, 0.1) is 6.92 Å². The number of rotatable bonds is 5. The molecule has 0 fully saturated rings. The van der Waals surface area contributed by atoms with Gasteiger partial charge in [0.05, 0.1) is 5.57 Å². The van der Waals surface area contributed by atoms with Crippen LogP contribution in [-0.2, 0) is 11.2 Å². The van der Waals surface area contributed by atoms with Gasteiger partial charge in [-0.05, 0) is 59.9 Å². The minimum atomic E-state index is -0.643. The van der Waals surface area contributed by atoms with Gasteiger partial charge in [0.15, 0.2) is 0 Å². The molecule has 2 aliphatic rings. The summed E-state index contributed by atoms with van der Waals surface area (Å²) in [5, 5.41) is 17.2. The van der Waals surface area contributed by atoms with Crippen molar-refractivity contribution in [1.82, 2.24) is 20.2 Å². The van der Waals surface area contributed by atoms with E-state index in [-0.39, 0.29) is 5.91 Å². The number of aromatic amines is 1. The molecule has 0 spiro atoms. The average molecular weight is 460 g/mol. The number of likely N-dealkylation sites (N-methyl/N-ethyl adjacent to an activating group) is 1. The Bertz CT molecular complexity index is 968. The van der Waals surface area contributed by atoms with Crippen LogP contribution in [0.1, 0.15) is 47.7 Å². The number of aliphatic hydroxyl groups is 1. The summed E-state index contributed by atoms with van der Waals surface area (Å²) >= 11 is 3.43. The fourth-order valence-corrected chi connectivity index (χ4v) is 4.44. The molecule has 8 heteroatoms. The zero-order valence-corrected chi connectivity index (χ0v) is 18.3. The number of carbonyl (C=O) groups is 1. The van der Waals surface area contributed by atoms with E-state index >= 15 is 0 Å². The van der Waals surface area contributed by atoms with Crippen LogP contribution in [0.2, 0.25) is 0 Å². The molecule has 0 bridgehead atoms. The SMILES string of the molecule is CCNCCN1CCCc2[nH]c(/C=C3\C(=O)Nc4ncc(Br)cc43)c(C)c2C1O. The van der Waals surface area contributed by atoms with Gasteiger partial charge in [0.1, 0.15) is 12.0 Å². The van der Waals surface area contributed by atoms with Crippen molar-refractivity contribution in [3.63, 3.8) is 0 Å². The summed E-state index contributed by atoms with van der Waals surface area (Å²) in [6, 6.07) is 1.90. The van der Waals surface area contributed by atoms with Gasteiger partial charge in [-0.2, -0.15) is 0 Å². The highest BCUT2D eigenvalue weighted by Gasteiger charge is 2.30. The van der Waals surface area contributed by atoms with Crippen molar-refractivity contribution >= 4 is 39.3 Å². The van der Waals surface area contributed by atoms with Crippen molar-refractivity contribution in [3.8, 4) is 0 Å². The molecule has 1 amide bonds. The van der Waals surface area contributed by atoms with Crippen molar-refractivity contribution in [2.24, 2.45) is 0 Å². The van der Waals surface area contributed by atoms with E-state index in [9.17, 15) is 9.90 Å². The normalized spacial score (nSPS) is 20.5. The van der Waals surface area contributed by atoms with E-state index in [0.29, 0.717) is 11.4 Å². The number of pyridine rings is 1. The second-order valence-corrected chi connectivity index (χ2v) is 8.40. The van der Waals surface area contributed by atoms with Crippen molar-refractivity contribution in [2.45, 2.75) is 32.9 Å². The van der Waals surface area contributed by atoms with Gasteiger partial charge in [-0.3, -0.25) is 9.69 Å². The van der Waals surface area contributed by atoms with Gasteiger partial charge in [0.2, 0.25) is 0 Å². The number of anilines is 1. The molecule has 0 radical (unpaired) electrons. The molecule has 1 atom stereocenters. The van der Waals surface area contributed by atoms with E-state index in [4.69, 9.17) is 0 Å². The molecule has 1 unspecified atom stereocenters. The van der Waals surface area contributed by atoms with Crippen LogP contribution >= 0.6 is 15.9 Å². The first-order valence-corrected chi connectivity index (χ1v) is 10.8. The van der Waals surface area contributed by atoms with Crippen molar-refractivity contribution in [2.75, 3.05) is 31.5 Å². The molecule has 0 aromatic carbocycles. The van der Waals surface area contributed by atoms with Crippen molar-refractivity contribution in [1.29, 1.82) is 0 Å². The molecule has 0 aliphatic carbocycles. The zero-order valence-electron chi connectivity index (χ0n) is 16.7. The van der Waals surface area contributed by atoms with E-state index in [0.717, 1.165) is 71.6 Å². The van der Waals surface area contributed by atoms with Crippen LogP contribution in [0.25, 0.3) is 11.6 Å². The maximum atomic E-state index is 12.5. The summed E-state index contributed by atoms with van der Waals surface area (Å²) in [4.78, 5) is 22.4. The number of hydrogen-bond donors (Lipinski definition) is 4. The zero-order chi connectivity index (χ0) is 20.5. The van der Waals surface area contributed by atoms with Gasteiger partial charge in [-0.15, -0.1) is 0 Å². The van der Waals surface area contributed by atoms with Gasteiger partial charge in [-0.25, -0.2) is 4.98 Å². The molecule has 4 N–H and O–H groups in total. The highest BCUT2D eigenvalue weighted by molar-refractivity contribution is 9.10. The second-order valence-electron chi connectivity index (χ2n) is 7.48. The summed E-state index contributed by atoms with van der Waals surface area (Å²) in [6.45, 7) is 7.52. The van der Waals surface area contributed by atoms with E-state index in [2.05, 4.69) is 48.4 Å². The van der Waals surface area contributed by atoms with Gasteiger partial charge in [-0.1, -0.05) is 6.92 Å². The van der Waals surface area contributed by atoms with E-state index < -0.39 is 6.23 Å². The third kappa shape index (κ3) is 3.90. The lowest BCUT2D eigenvalue weighted by Gasteiger charge is -2.26. The third-order valence-corrected chi connectivity index (χ3v) is 6.06. The number of fused-ring (bicyclic) bond motifs is 2. The maximum Gasteiger partial charge on any atom is 0.257 e. The third-order valence-electron chi connectivity index (χ3n) is 5.63. The lowest BCUT2D eigenvalue weighted by Crippen LogP contribution is -2.35. The summed E-state index contributed by atoms with van der Waals surface area (Å²) in [5.74, 6) is 0.410. The minimum absolute atomic E-state index is 0.164. The van der Waals surface area contributed by atoms with Crippen molar-refractivity contribution < 1.29 is 9.90 Å². The summed E-state index contributed by atoms with van der Waals surface area (Å²) < 4.78 is 0.824. The maximum absolute atomic E-state index is 12.5. The van der Waals surface area contributed by atoms with Crippen LogP contribution in [-0.4, -0.2) is 52.1 Å². The second kappa shape index (κ2) is 8.39. The molecule has 29 heavy (non-hydrogen) atoms. The molecular formula is C21H26BrN5O2. The summed E-state index contributed by atoms with van der Waals surface area (Å²) in [7, 11) is 0. The van der Waals surface area contributed by atoms with Gasteiger partial charge >= 0.3 is 0 Å². The van der Waals surface area contributed by atoms with E-state index in [1.807, 2.05) is 19.1 Å². The molecule has 4 heterocycles. The minimum Gasteiger partial charge on any atom is -0.374 e. The summed E-state index contributed by atoms with van der Waals surface area (Å²) in [5.41, 5.74) is 5.20. The van der Waals surface area contributed by atoms with Gasteiger partial charge in [0.25, 0.3) is 5.91 Å². The Morgan fingerprint density at radius 2 is 2.31 bits per heavy atom. The predicted octanol–water partition coefficient (Wildman–Crippen LogP) is 2.82. The molecule has 4 rings (SSSR count). The highest BCUT2D eigenvalue weighted by Crippen LogP contribution is 2.36. The topological polar surface area (TPSA) is 93.3 Å². The quantitative estimate of drug-likeness (QED) is 0.407. The van der Waals surface area contributed by atoms with Crippen LogP contribution in [0.4, 0.5) is 5.82 Å². The van der Waals surface area contributed by atoms with E-state index in [1.165, 1.54) is 0 Å². The predicted molar refractivity (Wildman–Crippen MR) is 117 cm³/mol. The number of amides is 1. The molecule has 2 aromatic rings.